The Morgan fingerprint density at radius 2 is 1.45 bits per heavy atom. The Morgan fingerprint density at radius 3 is 2.10 bits per heavy atom. The molecule has 2 aromatic carbocycles. The Hall–Kier alpha value is -2.48. The fourth-order valence-electron chi connectivity index (χ4n) is 3.31. The van der Waals surface area contributed by atoms with Crippen LogP contribution in [0.5, 0.6) is 11.5 Å². The molecule has 2 rings (SSSR count). The molecular formula is C27H36O2. The molecule has 0 aliphatic carbocycles. The van der Waals surface area contributed by atoms with E-state index in [-0.39, 0.29) is 0 Å². The van der Waals surface area contributed by atoms with Gasteiger partial charge in [0.2, 0.25) is 0 Å². The molecule has 0 amide bonds. The van der Waals surface area contributed by atoms with Crippen molar-refractivity contribution >= 4 is 18.2 Å². The Kier molecular flexibility index (Phi) is 10.1. The lowest BCUT2D eigenvalue weighted by Crippen LogP contribution is -2.00. The molecule has 0 unspecified atom stereocenters. The molecule has 2 nitrogen and oxygen atoms in total. The van der Waals surface area contributed by atoms with Gasteiger partial charge in [-0.25, -0.2) is 0 Å². The third kappa shape index (κ3) is 7.81. The second-order valence-electron chi connectivity index (χ2n) is 7.48. The predicted molar refractivity (Wildman–Crippen MR) is 127 cm³/mol. The van der Waals surface area contributed by atoms with Crippen molar-refractivity contribution in [2.75, 3.05) is 13.7 Å². The van der Waals surface area contributed by atoms with Crippen molar-refractivity contribution < 1.29 is 9.47 Å². The summed E-state index contributed by atoms with van der Waals surface area (Å²) in [7, 11) is 1.71. The molecule has 2 aromatic rings. The maximum Gasteiger partial charge on any atom is 0.127 e. The van der Waals surface area contributed by atoms with Crippen LogP contribution in [0.1, 0.15) is 74.6 Å². The minimum absolute atomic E-state index is 0.761. The van der Waals surface area contributed by atoms with Gasteiger partial charge in [-0.3, -0.25) is 0 Å². The zero-order chi connectivity index (χ0) is 20.9. The smallest absolute Gasteiger partial charge is 0.127 e. The Bertz CT molecular complexity index is 785. The first-order chi connectivity index (χ1) is 14.2. The number of ether oxygens (including phenoxy) is 2. The molecule has 0 fully saturated rings. The summed E-state index contributed by atoms with van der Waals surface area (Å²) in [4.78, 5) is 0. The fraction of sp³-hybridized carbons (Fsp3) is 0.407. The molecule has 0 bridgehead atoms. The standard InChI is InChI=1S/C27H36O2/c1-5-7-8-9-10-11-19-29-27-20-22(3)26(28-4)21-25(27)18-17-24-15-13-23(12-6-2)14-16-24/h6,12-18,20-21H,5,7-11,19H2,1-4H3. The molecule has 0 radical (unpaired) electrons. The van der Waals surface area contributed by atoms with Gasteiger partial charge in [0.25, 0.3) is 0 Å². The maximum atomic E-state index is 6.15. The van der Waals surface area contributed by atoms with Gasteiger partial charge in [0.15, 0.2) is 0 Å². The normalized spacial score (nSPS) is 11.4. The van der Waals surface area contributed by atoms with Crippen molar-refractivity contribution in [2.24, 2.45) is 0 Å². The van der Waals surface area contributed by atoms with Gasteiger partial charge in [-0.15, -0.1) is 0 Å². The number of methoxy groups -OCH3 is 1. The number of allylic oxidation sites excluding steroid dienone is 1. The highest BCUT2D eigenvalue weighted by Gasteiger charge is 2.07. The number of aryl methyl sites for hydroxylation is 1. The minimum Gasteiger partial charge on any atom is -0.496 e. The number of rotatable bonds is 12. The first-order valence-corrected chi connectivity index (χ1v) is 10.9. The Morgan fingerprint density at radius 1 is 0.793 bits per heavy atom. The third-order valence-electron chi connectivity index (χ3n) is 5.03. The van der Waals surface area contributed by atoms with Gasteiger partial charge in [0.1, 0.15) is 11.5 Å². The summed E-state index contributed by atoms with van der Waals surface area (Å²) in [6.45, 7) is 7.10. The van der Waals surface area contributed by atoms with Crippen LogP contribution in [0, 0.1) is 6.92 Å². The summed E-state index contributed by atoms with van der Waals surface area (Å²) in [5.41, 5.74) is 4.53. The van der Waals surface area contributed by atoms with Gasteiger partial charge in [0, 0.05) is 5.56 Å². The van der Waals surface area contributed by atoms with Gasteiger partial charge < -0.3 is 9.47 Å². The second-order valence-corrected chi connectivity index (χ2v) is 7.48. The zero-order valence-corrected chi connectivity index (χ0v) is 18.5. The Balaban J connectivity index is 2.06. The molecule has 2 heteroatoms. The van der Waals surface area contributed by atoms with Gasteiger partial charge in [-0.05, 0) is 49.1 Å². The summed E-state index contributed by atoms with van der Waals surface area (Å²) >= 11 is 0. The molecule has 0 atom stereocenters. The van der Waals surface area contributed by atoms with Crippen molar-refractivity contribution in [3.05, 3.63) is 64.7 Å². The van der Waals surface area contributed by atoms with Crippen LogP contribution in [-0.4, -0.2) is 13.7 Å². The molecule has 0 aliphatic rings. The van der Waals surface area contributed by atoms with Gasteiger partial charge in [-0.1, -0.05) is 87.6 Å². The molecular weight excluding hydrogens is 356 g/mol. The van der Waals surface area contributed by atoms with Crippen molar-refractivity contribution in [1.82, 2.24) is 0 Å². The topological polar surface area (TPSA) is 18.5 Å². The molecule has 0 aliphatic heterocycles. The van der Waals surface area contributed by atoms with Crippen molar-refractivity contribution in [3.8, 4) is 11.5 Å². The Labute approximate surface area is 177 Å². The van der Waals surface area contributed by atoms with Crippen LogP contribution >= 0.6 is 0 Å². The molecule has 29 heavy (non-hydrogen) atoms. The van der Waals surface area contributed by atoms with E-state index in [1.807, 2.05) is 6.92 Å². The molecule has 156 valence electrons. The average molecular weight is 393 g/mol. The highest BCUT2D eigenvalue weighted by atomic mass is 16.5. The maximum absolute atomic E-state index is 6.15. The van der Waals surface area contributed by atoms with Crippen LogP contribution in [0.15, 0.2) is 42.5 Å². The van der Waals surface area contributed by atoms with Gasteiger partial charge in [-0.2, -0.15) is 0 Å². The van der Waals surface area contributed by atoms with Crippen LogP contribution in [-0.2, 0) is 0 Å². The molecule has 0 saturated heterocycles. The van der Waals surface area contributed by atoms with E-state index in [9.17, 15) is 0 Å². The van der Waals surface area contributed by atoms with E-state index < -0.39 is 0 Å². The molecule has 0 N–H and O–H groups in total. The van der Waals surface area contributed by atoms with Crippen molar-refractivity contribution in [1.29, 1.82) is 0 Å². The van der Waals surface area contributed by atoms with Crippen LogP contribution in [0.3, 0.4) is 0 Å². The quantitative estimate of drug-likeness (QED) is 0.269. The second kappa shape index (κ2) is 12.9. The zero-order valence-electron chi connectivity index (χ0n) is 18.5. The number of hydrogen-bond acceptors (Lipinski definition) is 2. The molecule has 0 saturated carbocycles. The lowest BCUT2D eigenvalue weighted by molar-refractivity contribution is 0.303. The highest BCUT2D eigenvalue weighted by molar-refractivity contribution is 5.74. The number of benzene rings is 2. The number of unbranched alkanes of at least 4 members (excludes halogenated alkanes) is 5. The third-order valence-corrected chi connectivity index (χ3v) is 5.03. The van der Waals surface area contributed by atoms with E-state index in [0.717, 1.165) is 35.7 Å². The summed E-state index contributed by atoms with van der Waals surface area (Å²) in [6.07, 6.45) is 16.0. The van der Waals surface area contributed by atoms with Crippen LogP contribution in [0.4, 0.5) is 0 Å². The van der Waals surface area contributed by atoms with E-state index in [1.54, 1.807) is 7.11 Å². The predicted octanol–water partition coefficient (Wildman–Crippen LogP) is 7.95. The van der Waals surface area contributed by atoms with E-state index in [0.29, 0.717) is 0 Å². The van der Waals surface area contributed by atoms with Crippen LogP contribution in [0.2, 0.25) is 0 Å². The molecule has 0 aromatic heterocycles. The van der Waals surface area contributed by atoms with Crippen molar-refractivity contribution in [2.45, 2.75) is 59.3 Å². The van der Waals surface area contributed by atoms with Crippen LogP contribution in [0.25, 0.3) is 18.2 Å². The fourth-order valence-corrected chi connectivity index (χ4v) is 3.31. The van der Waals surface area contributed by atoms with E-state index in [2.05, 4.69) is 74.5 Å². The summed E-state index contributed by atoms with van der Waals surface area (Å²) in [6, 6.07) is 12.7. The first kappa shape index (κ1) is 22.8. The van der Waals surface area contributed by atoms with Gasteiger partial charge in [0.05, 0.1) is 13.7 Å². The monoisotopic (exact) mass is 392 g/mol. The minimum atomic E-state index is 0.761. The first-order valence-electron chi connectivity index (χ1n) is 10.9. The SMILES string of the molecule is CC=Cc1ccc(C=Cc2cc(OC)c(C)cc2OCCCCCCCC)cc1. The van der Waals surface area contributed by atoms with Gasteiger partial charge >= 0.3 is 0 Å². The van der Waals surface area contributed by atoms with Crippen LogP contribution < -0.4 is 9.47 Å². The molecule has 0 spiro atoms. The van der Waals surface area contributed by atoms with E-state index >= 15 is 0 Å². The number of hydrogen-bond donors (Lipinski definition) is 0. The average Bonchev–Trinajstić information content (AvgIpc) is 2.73. The lowest BCUT2D eigenvalue weighted by atomic mass is 10.1. The highest BCUT2D eigenvalue weighted by Crippen LogP contribution is 2.30. The molecule has 0 heterocycles. The summed E-state index contributed by atoms with van der Waals surface area (Å²) < 4.78 is 11.7. The lowest BCUT2D eigenvalue weighted by Gasteiger charge is -2.13. The largest absolute Gasteiger partial charge is 0.496 e. The van der Waals surface area contributed by atoms with E-state index in [4.69, 9.17) is 9.47 Å². The van der Waals surface area contributed by atoms with E-state index in [1.165, 1.54) is 43.2 Å². The summed E-state index contributed by atoms with van der Waals surface area (Å²) in [5.74, 6) is 1.82. The summed E-state index contributed by atoms with van der Waals surface area (Å²) in [5, 5.41) is 0. The van der Waals surface area contributed by atoms with Crippen molar-refractivity contribution in [3.63, 3.8) is 0 Å².